The zero-order valence-corrected chi connectivity index (χ0v) is 13.2. The van der Waals surface area contributed by atoms with Crippen LogP contribution in [0.5, 0.6) is 0 Å². The number of thiocarbonyl (C=S) groups is 1. The van der Waals surface area contributed by atoms with Gasteiger partial charge in [0, 0.05) is 31.5 Å². The standard InChI is InChI=1S/C15H23N5S/c16-14(21)13-15(18-7-6-17-13)20-10-4-12(5-11-20)19-8-2-1-3-9-19/h6-7,12H,1-5,8-11H2,(H2,16,21). The van der Waals surface area contributed by atoms with Gasteiger partial charge in [0.05, 0.1) is 0 Å². The Kier molecular flexibility index (Phi) is 4.65. The number of nitrogens with two attached hydrogens (primary N) is 1. The van der Waals surface area contributed by atoms with E-state index < -0.39 is 0 Å². The first-order chi connectivity index (χ1) is 10.3. The molecule has 6 heteroatoms. The summed E-state index contributed by atoms with van der Waals surface area (Å²) in [6, 6.07) is 0.728. The largest absolute Gasteiger partial charge is 0.388 e. The van der Waals surface area contributed by atoms with Crippen LogP contribution in [-0.4, -0.2) is 52.1 Å². The molecular formula is C15H23N5S. The minimum Gasteiger partial charge on any atom is -0.388 e. The number of aromatic nitrogens is 2. The quantitative estimate of drug-likeness (QED) is 0.855. The van der Waals surface area contributed by atoms with Crippen molar-refractivity contribution in [1.82, 2.24) is 14.9 Å². The molecule has 0 spiro atoms. The molecule has 2 saturated heterocycles. The molecule has 1 aromatic rings. The highest BCUT2D eigenvalue weighted by atomic mass is 32.1. The first-order valence-electron chi connectivity index (χ1n) is 7.85. The van der Waals surface area contributed by atoms with Gasteiger partial charge < -0.3 is 15.5 Å². The van der Waals surface area contributed by atoms with Gasteiger partial charge in [0.25, 0.3) is 0 Å². The smallest absolute Gasteiger partial charge is 0.157 e. The SMILES string of the molecule is NC(=S)c1nccnc1N1CCC(N2CCCCC2)CC1. The molecule has 5 nitrogen and oxygen atoms in total. The van der Waals surface area contributed by atoms with Gasteiger partial charge in [-0.05, 0) is 38.8 Å². The first kappa shape index (κ1) is 14.7. The molecule has 0 amide bonds. The van der Waals surface area contributed by atoms with Crippen LogP contribution in [0.4, 0.5) is 5.82 Å². The molecule has 0 radical (unpaired) electrons. The van der Waals surface area contributed by atoms with Crippen LogP contribution < -0.4 is 10.6 Å². The zero-order chi connectivity index (χ0) is 14.7. The predicted molar refractivity (Wildman–Crippen MR) is 88.6 cm³/mol. The molecule has 2 N–H and O–H groups in total. The molecule has 21 heavy (non-hydrogen) atoms. The van der Waals surface area contributed by atoms with E-state index >= 15 is 0 Å². The fourth-order valence-electron chi connectivity index (χ4n) is 3.46. The van der Waals surface area contributed by atoms with Crippen molar-refractivity contribution in [2.75, 3.05) is 31.1 Å². The Bertz CT molecular complexity index is 493. The monoisotopic (exact) mass is 305 g/mol. The molecule has 0 saturated carbocycles. The molecule has 0 atom stereocenters. The molecule has 2 aliphatic rings. The van der Waals surface area contributed by atoms with E-state index in [9.17, 15) is 0 Å². The second-order valence-electron chi connectivity index (χ2n) is 5.91. The molecule has 0 bridgehead atoms. The molecule has 3 heterocycles. The number of anilines is 1. The summed E-state index contributed by atoms with van der Waals surface area (Å²) in [4.78, 5) is 14.0. The molecule has 0 aliphatic carbocycles. The summed E-state index contributed by atoms with van der Waals surface area (Å²) in [5.41, 5.74) is 6.42. The summed E-state index contributed by atoms with van der Waals surface area (Å²) in [7, 11) is 0. The first-order valence-corrected chi connectivity index (χ1v) is 8.26. The predicted octanol–water partition coefficient (Wildman–Crippen LogP) is 1.57. The summed E-state index contributed by atoms with van der Waals surface area (Å²) in [6.07, 6.45) is 9.85. The number of piperidine rings is 2. The molecule has 2 aliphatic heterocycles. The second kappa shape index (κ2) is 6.66. The van der Waals surface area contributed by atoms with Gasteiger partial charge >= 0.3 is 0 Å². The highest BCUT2D eigenvalue weighted by Crippen LogP contribution is 2.24. The number of nitrogens with zero attached hydrogens (tertiary/aromatic N) is 4. The highest BCUT2D eigenvalue weighted by Gasteiger charge is 2.27. The van der Waals surface area contributed by atoms with E-state index in [1.807, 2.05) is 0 Å². The third-order valence-corrected chi connectivity index (χ3v) is 4.78. The maximum absolute atomic E-state index is 5.76. The Morgan fingerprint density at radius 3 is 2.38 bits per heavy atom. The topological polar surface area (TPSA) is 58.3 Å². The van der Waals surface area contributed by atoms with E-state index in [-0.39, 0.29) is 0 Å². The Labute approximate surface area is 131 Å². The fourth-order valence-corrected chi connectivity index (χ4v) is 3.61. The van der Waals surface area contributed by atoms with Crippen LogP contribution in [0.3, 0.4) is 0 Å². The van der Waals surface area contributed by atoms with Crippen molar-refractivity contribution < 1.29 is 0 Å². The van der Waals surface area contributed by atoms with Crippen LogP contribution in [-0.2, 0) is 0 Å². The van der Waals surface area contributed by atoms with E-state index in [1.165, 1.54) is 45.2 Å². The van der Waals surface area contributed by atoms with Gasteiger partial charge in [-0.15, -0.1) is 0 Å². The molecule has 0 aromatic carbocycles. The van der Waals surface area contributed by atoms with Crippen LogP contribution in [0.1, 0.15) is 37.8 Å². The summed E-state index contributed by atoms with van der Waals surface area (Å²) >= 11 is 5.08. The fraction of sp³-hybridized carbons (Fsp3) is 0.667. The minimum absolute atomic E-state index is 0.330. The summed E-state index contributed by atoms with van der Waals surface area (Å²) in [6.45, 7) is 4.56. The van der Waals surface area contributed by atoms with E-state index in [2.05, 4.69) is 19.8 Å². The number of hydrogen-bond donors (Lipinski definition) is 1. The van der Waals surface area contributed by atoms with Crippen molar-refractivity contribution in [3.8, 4) is 0 Å². The maximum atomic E-state index is 5.76. The van der Waals surface area contributed by atoms with Crippen LogP contribution in [0, 0.1) is 0 Å². The Hall–Kier alpha value is -1.27. The zero-order valence-electron chi connectivity index (χ0n) is 12.4. The molecule has 3 rings (SSSR count). The molecule has 114 valence electrons. The third-order valence-electron chi connectivity index (χ3n) is 4.58. The third kappa shape index (κ3) is 3.32. The lowest BCUT2D eigenvalue weighted by molar-refractivity contribution is 0.141. The van der Waals surface area contributed by atoms with Gasteiger partial charge in [0.15, 0.2) is 5.82 Å². The van der Waals surface area contributed by atoms with E-state index in [1.54, 1.807) is 12.4 Å². The summed E-state index contributed by atoms with van der Waals surface area (Å²) in [5.74, 6) is 0.849. The van der Waals surface area contributed by atoms with Gasteiger partial charge in [-0.2, -0.15) is 0 Å². The molecule has 0 unspecified atom stereocenters. The lowest BCUT2D eigenvalue weighted by Crippen LogP contribution is -2.47. The van der Waals surface area contributed by atoms with Crippen molar-refractivity contribution in [3.05, 3.63) is 18.1 Å². The van der Waals surface area contributed by atoms with Crippen LogP contribution >= 0.6 is 12.2 Å². The van der Waals surface area contributed by atoms with E-state index in [0.29, 0.717) is 10.7 Å². The van der Waals surface area contributed by atoms with Gasteiger partial charge in [-0.3, -0.25) is 0 Å². The minimum atomic E-state index is 0.330. The Morgan fingerprint density at radius 1 is 1.05 bits per heavy atom. The number of likely N-dealkylation sites (tertiary alicyclic amines) is 1. The summed E-state index contributed by atoms with van der Waals surface area (Å²) < 4.78 is 0. The van der Waals surface area contributed by atoms with E-state index in [4.69, 9.17) is 18.0 Å². The van der Waals surface area contributed by atoms with Crippen LogP contribution in [0.15, 0.2) is 12.4 Å². The maximum Gasteiger partial charge on any atom is 0.157 e. The lowest BCUT2D eigenvalue weighted by atomic mass is 10.00. The van der Waals surface area contributed by atoms with E-state index in [0.717, 1.165) is 24.9 Å². The van der Waals surface area contributed by atoms with Crippen LogP contribution in [0.25, 0.3) is 0 Å². The normalized spacial score (nSPS) is 21.4. The van der Waals surface area contributed by atoms with Gasteiger partial charge in [-0.1, -0.05) is 18.6 Å². The Morgan fingerprint density at radius 2 is 1.71 bits per heavy atom. The number of hydrogen-bond acceptors (Lipinski definition) is 5. The van der Waals surface area contributed by atoms with Gasteiger partial charge in [-0.25, -0.2) is 9.97 Å². The van der Waals surface area contributed by atoms with Crippen molar-refractivity contribution >= 4 is 23.0 Å². The lowest BCUT2D eigenvalue weighted by Gasteiger charge is -2.40. The average molecular weight is 305 g/mol. The Balaban J connectivity index is 1.64. The molecule has 1 aromatic heterocycles. The van der Waals surface area contributed by atoms with Gasteiger partial charge in [0.2, 0.25) is 0 Å². The second-order valence-corrected chi connectivity index (χ2v) is 6.35. The van der Waals surface area contributed by atoms with Gasteiger partial charge in [0.1, 0.15) is 10.7 Å². The number of rotatable bonds is 3. The average Bonchev–Trinajstić information content (AvgIpc) is 2.56. The van der Waals surface area contributed by atoms with Crippen molar-refractivity contribution in [1.29, 1.82) is 0 Å². The molecule has 2 fully saturated rings. The van der Waals surface area contributed by atoms with Crippen LogP contribution in [0.2, 0.25) is 0 Å². The highest BCUT2D eigenvalue weighted by molar-refractivity contribution is 7.80. The molecular weight excluding hydrogens is 282 g/mol. The van der Waals surface area contributed by atoms with Crippen molar-refractivity contribution in [2.24, 2.45) is 5.73 Å². The van der Waals surface area contributed by atoms with Crippen molar-refractivity contribution in [2.45, 2.75) is 38.1 Å². The summed E-state index contributed by atoms with van der Waals surface area (Å²) in [5, 5.41) is 0. The van der Waals surface area contributed by atoms with Crippen molar-refractivity contribution in [3.63, 3.8) is 0 Å².